The second-order valence-electron chi connectivity index (χ2n) is 6.12. The first-order valence-electron chi connectivity index (χ1n) is 8.77. The van der Waals surface area contributed by atoms with Crippen LogP contribution in [0.15, 0.2) is 42.5 Å². The van der Waals surface area contributed by atoms with E-state index in [0.29, 0.717) is 4.73 Å². The van der Waals surface area contributed by atoms with E-state index in [9.17, 15) is 18.8 Å². The van der Waals surface area contributed by atoms with Crippen LogP contribution in [0.25, 0.3) is 0 Å². The molecule has 2 rings (SSSR count). The third-order valence-corrected chi connectivity index (χ3v) is 4.20. The molecule has 0 atom stereocenters. The van der Waals surface area contributed by atoms with Crippen LogP contribution in [0, 0.1) is 10.6 Å². The van der Waals surface area contributed by atoms with Crippen molar-refractivity contribution >= 4 is 29.3 Å². The highest BCUT2D eigenvalue weighted by Crippen LogP contribution is 2.28. The number of halogens is 3. The van der Waals surface area contributed by atoms with Crippen molar-refractivity contribution in [1.82, 2.24) is 10.8 Å². The Balaban J connectivity index is 1.97. The van der Waals surface area contributed by atoms with Crippen LogP contribution >= 0.6 is 11.6 Å². The SMILES string of the molecule is N=C(N)NOCCNC(=O)Cc1c(Cl)ccc(NCC(F)(F)c2ccccc2)[n+]1[O-]. The lowest BCUT2D eigenvalue weighted by atomic mass is 10.1. The topological polar surface area (TPSA) is 139 Å². The van der Waals surface area contributed by atoms with Crippen molar-refractivity contribution in [3.63, 3.8) is 0 Å². The highest BCUT2D eigenvalue weighted by atomic mass is 35.5. The summed E-state index contributed by atoms with van der Waals surface area (Å²) in [5.74, 6) is -4.28. The second-order valence-corrected chi connectivity index (χ2v) is 6.53. The molecule has 0 saturated carbocycles. The lowest BCUT2D eigenvalue weighted by Gasteiger charge is -2.18. The van der Waals surface area contributed by atoms with Crippen molar-refractivity contribution < 1.29 is 23.1 Å². The zero-order chi connectivity index (χ0) is 22.1. The van der Waals surface area contributed by atoms with Gasteiger partial charge in [0.05, 0.1) is 18.1 Å². The molecular weight excluding hydrogens is 422 g/mol. The maximum atomic E-state index is 14.3. The average molecular weight is 443 g/mol. The number of amides is 1. The Labute approximate surface area is 176 Å². The fraction of sp³-hybridized carbons (Fsp3) is 0.278. The predicted octanol–water partition coefficient (Wildman–Crippen LogP) is 1.25. The van der Waals surface area contributed by atoms with E-state index in [-0.39, 0.29) is 47.6 Å². The summed E-state index contributed by atoms with van der Waals surface area (Å²) in [7, 11) is 0. The van der Waals surface area contributed by atoms with Gasteiger partial charge in [-0.3, -0.25) is 20.4 Å². The Bertz CT molecular complexity index is 886. The first-order chi connectivity index (χ1) is 14.2. The van der Waals surface area contributed by atoms with E-state index < -0.39 is 18.4 Å². The highest BCUT2D eigenvalue weighted by Gasteiger charge is 2.34. The number of aromatic nitrogens is 1. The first-order valence-corrected chi connectivity index (χ1v) is 9.15. The van der Waals surface area contributed by atoms with Gasteiger partial charge < -0.3 is 16.3 Å². The van der Waals surface area contributed by atoms with Gasteiger partial charge in [-0.05, 0) is 6.07 Å². The largest absolute Gasteiger partial charge is 0.710 e. The summed E-state index contributed by atoms with van der Waals surface area (Å²) < 4.78 is 28.9. The van der Waals surface area contributed by atoms with Crippen LogP contribution in [-0.4, -0.2) is 31.6 Å². The van der Waals surface area contributed by atoms with Crippen molar-refractivity contribution in [3.05, 3.63) is 64.0 Å². The molecule has 1 heterocycles. The van der Waals surface area contributed by atoms with Gasteiger partial charge in [0.25, 0.3) is 5.82 Å². The maximum Gasteiger partial charge on any atom is 0.309 e. The van der Waals surface area contributed by atoms with Crippen LogP contribution in [0.5, 0.6) is 0 Å². The van der Waals surface area contributed by atoms with Crippen LogP contribution < -0.4 is 26.6 Å². The molecule has 0 radical (unpaired) electrons. The molecule has 0 bridgehead atoms. The van der Waals surface area contributed by atoms with Gasteiger partial charge in [-0.1, -0.05) is 41.9 Å². The number of carbonyl (C=O) groups is 1. The standard InChI is InChI=1S/C18H21ClF2N6O3/c19-13-6-7-15(25-11-18(20,21)12-4-2-1-3-5-12)27(29)14(13)10-16(28)24-8-9-30-26-17(22)23/h1-7,25H,8-11H2,(H,24,28)(H4,22,23,26). The van der Waals surface area contributed by atoms with Crippen molar-refractivity contribution in [3.8, 4) is 0 Å². The van der Waals surface area contributed by atoms with Gasteiger partial charge in [-0.2, -0.15) is 8.78 Å². The van der Waals surface area contributed by atoms with Crippen LogP contribution in [0.1, 0.15) is 11.3 Å². The number of pyridine rings is 1. The highest BCUT2D eigenvalue weighted by molar-refractivity contribution is 6.31. The van der Waals surface area contributed by atoms with Gasteiger partial charge in [0, 0.05) is 18.2 Å². The third kappa shape index (κ3) is 6.71. The number of carbonyl (C=O) groups excluding carboxylic acids is 1. The summed E-state index contributed by atoms with van der Waals surface area (Å²) in [6.45, 7) is -0.712. The van der Waals surface area contributed by atoms with Crippen molar-refractivity contribution in [2.45, 2.75) is 12.3 Å². The lowest BCUT2D eigenvalue weighted by Crippen LogP contribution is -2.41. The lowest BCUT2D eigenvalue weighted by molar-refractivity contribution is -0.598. The monoisotopic (exact) mass is 442 g/mol. The molecule has 0 unspecified atom stereocenters. The van der Waals surface area contributed by atoms with E-state index in [1.807, 2.05) is 0 Å². The van der Waals surface area contributed by atoms with Gasteiger partial charge >= 0.3 is 5.92 Å². The van der Waals surface area contributed by atoms with Gasteiger partial charge in [0.2, 0.25) is 11.9 Å². The second kappa shape index (κ2) is 10.6. The molecule has 2 aromatic rings. The molecule has 1 aromatic heterocycles. The van der Waals surface area contributed by atoms with E-state index >= 15 is 0 Å². The number of hydrogen-bond donors (Lipinski definition) is 5. The Hall–Kier alpha value is -3.18. The van der Waals surface area contributed by atoms with Crippen molar-refractivity contribution in [2.24, 2.45) is 5.73 Å². The number of rotatable bonds is 10. The van der Waals surface area contributed by atoms with Crippen LogP contribution in [0.4, 0.5) is 14.6 Å². The minimum Gasteiger partial charge on any atom is -0.710 e. The summed E-state index contributed by atoms with van der Waals surface area (Å²) in [5, 5.41) is 24.3. The van der Waals surface area contributed by atoms with Crippen LogP contribution in [0.2, 0.25) is 5.02 Å². The molecule has 162 valence electrons. The van der Waals surface area contributed by atoms with E-state index in [4.69, 9.17) is 27.6 Å². The van der Waals surface area contributed by atoms with Gasteiger partial charge in [0.1, 0.15) is 5.69 Å². The Morgan fingerprint density at radius 3 is 2.63 bits per heavy atom. The summed E-state index contributed by atoms with van der Waals surface area (Å²) in [5.41, 5.74) is 6.84. The minimum atomic E-state index is -3.21. The molecular formula is C18H21ClF2N6O3. The zero-order valence-electron chi connectivity index (χ0n) is 15.8. The van der Waals surface area contributed by atoms with Gasteiger partial charge in [0.15, 0.2) is 6.54 Å². The number of hydroxylamine groups is 1. The molecule has 0 aliphatic carbocycles. The number of guanidine groups is 1. The molecule has 30 heavy (non-hydrogen) atoms. The fourth-order valence-electron chi connectivity index (χ4n) is 2.42. The zero-order valence-corrected chi connectivity index (χ0v) is 16.5. The van der Waals surface area contributed by atoms with Crippen molar-refractivity contribution in [2.75, 3.05) is 25.0 Å². The Morgan fingerprint density at radius 2 is 1.97 bits per heavy atom. The molecule has 6 N–H and O–H groups in total. The average Bonchev–Trinajstić information content (AvgIpc) is 2.70. The normalized spacial score (nSPS) is 11.0. The van der Waals surface area contributed by atoms with E-state index in [2.05, 4.69) is 16.1 Å². The quantitative estimate of drug-likeness (QED) is 0.0937. The minimum absolute atomic E-state index is 0.0204. The number of alkyl halides is 2. The number of nitrogens with two attached hydrogens (primary N) is 1. The molecule has 12 heteroatoms. The third-order valence-electron chi connectivity index (χ3n) is 3.85. The molecule has 1 aromatic carbocycles. The van der Waals surface area contributed by atoms with Crippen LogP contribution in [-0.2, 0) is 22.0 Å². The van der Waals surface area contributed by atoms with Gasteiger partial charge in [-0.15, -0.1) is 0 Å². The number of nitrogens with zero attached hydrogens (tertiary/aromatic N) is 1. The molecule has 1 amide bonds. The number of benzene rings is 1. The summed E-state index contributed by atoms with van der Waals surface area (Å²) in [6.07, 6.45) is -0.368. The predicted molar refractivity (Wildman–Crippen MR) is 107 cm³/mol. The summed E-state index contributed by atoms with van der Waals surface area (Å²) in [6, 6.07) is 9.82. The number of nitrogens with one attached hydrogen (secondary N) is 4. The van der Waals surface area contributed by atoms with E-state index in [0.717, 1.165) is 0 Å². The summed E-state index contributed by atoms with van der Waals surface area (Å²) in [4.78, 5) is 16.8. The molecule has 0 spiro atoms. The molecule has 0 aliphatic rings. The van der Waals surface area contributed by atoms with E-state index in [1.165, 1.54) is 36.4 Å². The Kier molecular flexibility index (Phi) is 8.13. The van der Waals surface area contributed by atoms with Gasteiger partial charge in [-0.25, -0.2) is 10.2 Å². The first kappa shape index (κ1) is 23.1. The van der Waals surface area contributed by atoms with Crippen molar-refractivity contribution in [1.29, 1.82) is 5.41 Å². The number of hydrogen-bond acceptors (Lipinski definition) is 5. The molecule has 0 aliphatic heterocycles. The smallest absolute Gasteiger partial charge is 0.309 e. The fourth-order valence-corrected chi connectivity index (χ4v) is 2.62. The Morgan fingerprint density at radius 1 is 1.27 bits per heavy atom. The summed E-state index contributed by atoms with van der Waals surface area (Å²) >= 11 is 6.00. The maximum absolute atomic E-state index is 14.3. The van der Waals surface area contributed by atoms with E-state index in [1.54, 1.807) is 6.07 Å². The molecule has 0 fully saturated rings. The molecule has 0 saturated heterocycles. The molecule has 9 nitrogen and oxygen atoms in total. The number of anilines is 1. The van der Waals surface area contributed by atoms with Crippen LogP contribution in [0.3, 0.4) is 0 Å².